The molecule has 0 spiro atoms. The zero-order chi connectivity index (χ0) is 24.6. The zero-order valence-electron chi connectivity index (χ0n) is 19.7. The number of hydrogen-bond donors (Lipinski definition) is 2. The van der Waals surface area contributed by atoms with Crippen LogP contribution in [0.25, 0.3) is 0 Å². The van der Waals surface area contributed by atoms with Crippen molar-refractivity contribution in [3.8, 4) is 0 Å². The van der Waals surface area contributed by atoms with Crippen LogP contribution in [0, 0.1) is 5.92 Å². The molecule has 2 rings (SSSR count). The second kappa shape index (κ2) is 11.8. The number of rotatable bonds is 10. The molecule has 2 amide bonds. The third-order valence-electron chi connectivity index (χ3n) is 5.50. The van der Waals surface area contributed by atoms with E-state index in [9.17, 15) is 18.0 Å². The van der Waals surface area contributed by atoms with Crippen LogP contribution in [-0.2, 0) is 26.2 Å². The molecule has 0 radical (unpaired) electrons. The summed E-state index contributed by atoms with van der Waals surface area (Å²) in [6.07, 6.45) is 0.0212. The van der Waals surface area contributed by atoms with Gasteiger partial charge in [-0.1, -0.05) is 62.7 Å². The Bertz CT molecular complexity index is 1020. The Morgan fingerprint density at radius 2 is 1.58 bits per heavy atom. The molecule has 2 aromatic carbocycles. The van der Waals surface area contributed by atoms with E-state index >= 15 is 0 Å². The number of nitrogens with one attached hydrogen (secondary N) is 2. The Hall–Kier alpha value is -2.91. The number of ether oxygens (including phenoxy) is 1. The average Bonchev–Trinajstić information content (AvgIpc) is 2.81. The summed E-state index contributed by atoms with van der Waals surface area (Å²) in [5.74, 6) is -0.451. The molecular weight excluding hydrogens is 442 g/mol. The van der Waals surface area contributed by atoms with E-state index in [1.807, 2.05) is 44.2 Å². The van der Waals surface area contributed by atoms with Crippen LogP contribution in [0.4, 0.5) is 4.79 Å². The van der Waals surface area contributed by atoms with E-state index in [0.29, 0.717) is 6.42 Å². The minimum Gasteiger partial charge on any atom is -0.445 e. The highest BCUT2D eigenvalue weighted by molar-refractivity contribution is 7.89. The van der Waals surface area contributed by atoms with Crippen LogP contribution in [0.1, 0.15) is 44.4 Å². The van der Waals surface area contributed by atoms with Crippen LogP contribution in [0.5, 0.6) is 0 Å². The standard InChI is InChI=1S/C24H33N3O5S/c1-6-17(2)22(26-24(29)32-16-19-10-8-7-9-11-19)23(28)25-18(3)20-12-14-21(15-13-20)33(30,31)27(4)5/h7-15,17-18,22H,6,16H2,1-5H3,(H,25,28)(H,26,29)/t17-,18?,22-/m0/s1. The molecule has 8 nitrogen and oxygen atoms in total. The zero-order valence-corrected chi connectivity index (χ0v) is 20.6. The van der Waals surface area contributed by atoms with Crippen LogP contribution in [0.15, 0.2) is 59.5 Å². The van der Waals surface area contributed by atoms with Gasteiger partial charge >= 0.3 is 6.09 Å². The first-order valence-electron chi connectivity index (χ1n) is 10.9. The Morgan fingerprint density at radius 1 is 0.970 bits per heavy atom. The van der Waals surface area contributed by atoms with Crippen molar-refractivity contribution in [3.63, 3.8) is 0 Å². The van der Waals surface area contributed by atoms with Gasteiger partial charge in [-0.2, -0.15) is 0 Å². The van der Waals surface area contributed by atoms with Crippen molar-refractivity contribution in [1.29, 1.82) is 0 Å². The van der Waals surface area contributed by atoms with Crippen molar-refractivity contribution in [2.75, 3.05) is 14.1 Å². The maximum Gasteiger partial charge on any atom is 0.408 e. The largest absolute Gasteiger partial charge is 0.445 e. The van der Waals surface area contributed by atoms with E-state index in [4.69, 9.17) is 4.74 Å². The minimum atomic E-state index is -3.52. The molecule has 0 aromatic heterocycles. The third-order valence-corrected chi connectivity index (χ3v) is 7.33. The van der Waals surface area contributed by atoms with Gasteiger partial charge in [-0.05, 0) is 36.1 Å². The molecule has 2 aromatic rings. The van der Waals surface area contributed by atoms with Crippen molar-refractivity contribution in [3.05, 3.63) is 65.7 Å². The number of sulfonamides is 1. The number of nitrogens with zero attached hydrogens (tertiary/aromatic N) is 1. The van der Waals surface area contributed by atoms with Crippen LogP contribution < -0.4 is 10.6 Å². The molecule has 1 unspecified atom stereocenters. The number of alkyl carbamates (subject to hydrolysis) is 1. The van der Waals surface area contributed by atoms with Gasteiger partial charge in [0.2, 0.25) is 15.9 Å². The highest BCUT2D eigenvalue weighted by Gasteiger charge is 2.28. The van der Waals surface area contributed by atoms with Crippen molar-refractivity contribution in [1.82, 2.24) is 14.9 Å². The van der Waals surface area contributed by atoms with E-state index in [-0.39, 0.29) is 29.4 Å². The fourth-order valence-electron chi connectivity index (χ4n) is 3.12. The Morgan fingerprint density at radius 3 is 2.12 bits per heavy atom. The fourth-order valence-corrected chi connectivity index (χ4v) is 4.02. The molecule has 180 valence electrons. The summed E-state index contributed by atoms with van der Waals surface area (Å²) in [4.78, 5) is 25.5. The first kappa shape index (κ1) is 26.3. The molecule has 0 fully saturated rings. The number of amides is 2. The molecule has 2 N–H and O–H groups in total. The quantitative estimate of drug-likeness (QED) is 0.548. The number of benzene rings is 2. The Balaban J connectivity index is 2.02. The molecular formula is C24H33N3O5S. The summed E-state index contributed by atoms with van der Waals surface area (Å²) in [6, 6.07) is 14.5. The van der Waals surface area contributed by atoms with Gasteiger partial charge in [0.25, 0.3) is 0 Å². The molecule has 9 heteroatoms. The number of carbonyl (C=O) groups is 2. The van der Waals surface area contributed by atoms with Crippen molar-refractivity contribution in [2.24, 2.45) is 5.92 Å². The van der Waals surface area contributed by atoms with Gasteiger partial charge in [0.1, 0.15) is 12.6 Å². The van der Waals surface area contributed by atoms with E-state index < -0.39 is 22.2 Å². The fraction of sp³-hybridized carbons (Fsp3) is 0.417. The normalized spacial score (nSPS) is 14.2. The van der Waals surface area contributed by atoms with Gasteiger partial charge in [-0.15, -0.1) is 0 Å². The highest BCUT2D eigenvalue weighted by Crippen LogP contribution is 2.19. The summed E-state index contributed by atoms with van der Waals surface area (Å²) in [6.45, 7) is 5.73. The maximum absolute atomic E-state index is 13.0. The summed E-state index contributed by atoms with van der Waals surface area (Å²) in [5, 5.41) is 5.58. The Kier molecular flexibility index (Phi) is 9.43. The second-order valence-electron chi connectivity index (χ2n) is 8.16. The van der Waals surface area contributed by atoms with E-state index in [2.05, 4.69) is 10.6 Å². The highest BCUT2D eigenvalue weighted by atomic mass is 32.2. The number of hydrogen-bond acceptors (Lipinski definition) is 5. The van der Waals surface area contributed by atoms with E-state index in [1.54, 1.807) is 19.1 Å². The predicted octanol–water partition coefficient (Wildman–Crippen LogP) is 3.46. The van der Waals surface area contributed by atoms with Crippen molar-refractivity contribution >= 4 is 22.0 Å². The van der Waals surface area contributed by atoms with Gasteiger partial charge in [0.05, 0.1) is 10.9 Å². The van der Waals surface area contributed by atoms with Crippen molar-refractivity contribution < 1.29 is 22.7 Å². The molecule has 0 aliphatic carbocycles. The van der Waals surface area contributed by atoms with Crippen LogP contribution in [-0.4, -0.2) is 44.9 Å². The number of carbonyl (C=O) groups excluding carboxylic acids is 2. The molecule has 0 bridgehead atoms. The molecule has 0 saturated carbocycles. The molecule has 0 aliphatic heterocycles. The van der Waals surface area contributed by atoms with Crippen LogP contribution in [0.2, 0.25) is 0 Å². The third kappa shape index (κ3) is 7.30. The molecule has 3 atom stereocenters. The van der Waals surface area contributed by atoms with Crippen molar-refractivity contribution in [2.45, 2.75) is 50.8 Å². The average molecular weight is 476 g/mol. The van der Waals surface area contributed by atoms with Gasteiger partial charge in [0.15, 0.2) is 0 Å². The summed E-state index contributed by atoms with van der Waals surface area (Å²) in [7, 11) is -0.583. The lowest BCUT2D eigenvalue weighted by molar-refractivity contribution is -0.124. The van der Waals surface area contributed by atoms with Crippen LogP contribution >= 0.6 is 0 Å². The monoisotopic (exact) mass is 475 g/mol. The smallest absolute Gasteiger partial charge is 0.408 e. The first-order valence-corrected chi connectivity index (χ1v) is 12.3. The second-order valence-corrected chi connectivity index (χ2v) is 10.3. The minimum absolute atomic E-state index is 0.111. The SMILES string of the molecule is CC[C@H](C)[C@H](NC(=O)OCc1ccccc1)C(=O)NC(C)c1ccc(S(=O)(=O)N(C)C)cc1. The van der Waals surface area contributed by atoms with E-state index in [0.717, 1.165) is 15.4 Å². The van der Waals surface area contributed by atoms with Crippen LogP contribution in [0.3, 0.4) is 0 Å². The van der Waals surface area contributed by atoms with Gasteiger partial charge in [-0.25, -0.2) is 17.5 Å². The van der Waals surface area contributed by atoms with Gasteiger partial charge < -0.3 is 15.4 Å². The summed E-state index contributed by atoms with van der Waals surface area (Å²) in [5.41, 5.74) is 1.60. The maximum atomic E-state index is 13.0. The Labute approximate surface area is 196 Å². The molecule has 0 aliphatic rings. The lowest BCUT2D eigenvalue weighted by Crippen LogP contribution is -2.50. The topological polar surface area (TPSA) is 105 Å². The van der Waals surface area contributed by atoms with Gasteiger partial charge in [0, 0.05) is 14.1 Å². The van der Waals surface area contributed by atoms with Gasteiger partial charge in [-0.3, -0.25) is 4.79 Å². The molecule has 0 heterocycles. The lowest BCUT2D eigenvalue weighted by Gasteiger charge is -2.25. The van der Waals surface area contributed by atoms with E-state index in [1.165, 1.54) is 26.2 Å². The predicted molar refractivity (Wildman–Crippen MR) is 127 cm³/mol. The molecule has 0 saturated heterocycles. The molecule has 33 heavy (non-hydrogen) atoms. The first-order chi connectivity index (χ1) is 15.6. The summed E-state index contributed by atoms with van der Waals surface area (Å²) < 4.78 is 30.9. The lowest BCUT2D eigenvalue weighted by atomic mass is 9.97. The summed E-state index contributed by atoms with van der Waals surface area (Å²) >= 11 is 0.